The summed E-state index contributed by atoms with van der Waals surface area (Å²) in [6.45, 7) is 3.05. The lowest BCUT2D eigenvalue weighted by Crippen LogP contribution is -2.21. The van der Waals surface area contributed by atoms with Gasteiger partial charge in [0.25, 0.3) is 0 Å². The Hall–Kier alpha value is -1.47. The Labute approximate surface area is 145 Å². The lowest BCUT2D eigenvalue weighted by molar-refractivity contribution is 0.0251. The highest BCUT2D eigenvalue weighted by molar-refractivity contribution is 5.14. The van der Waals surface area contributed by atoms with Crippen LogP contribution in [-0.2, 0) is 4.74 Å². The number of aromatic nitrogens is 2. The van der Waals surface area contributed by atoms with Gasteiger partial charge < -0.3 is 4.74 Å². The van der Waals surface area contributed by atoms with Crippen LogP contribution in [0.3, 0.4) is 0 Å². The van der Waals surface area contributed by atoms with Gasteiger partial charge in [0, 0.05) is 30.8 Å². The van der Waals surface area contributed by atoms with E-state index >= 15 is 0 Å². The summed E-state index contributed by atoms with van der Waals surface area (Å²) < 4.78 is 5.88. The Bertz CT molecular complexity index is 535. The van der Waals surface area contributed by atoms with Crippen LogP contribution in [0.5, 0.6) is 0 Å². The second kappa shape index (κ2) is 8.58. The first-order valence-corrected chi connectivity index (χ1v) is 9.63. The van der Waals surface area contributed by atoms with E-state index < -0.39 is 0 Å². The van der Waals surface area contributed by atoms with E-state index in [2.05, 4.69) is 35.4 Å². The van der Waals surface area contributed by atoms with Crippen molar-refractivity contribution in [2.75, 3.05) is 6.61 Å². The van der Waals surface area contributed by atoms with Gasteiger partial charge in [0.05, 0.1) is 12.2 Å². The van der Waals surface area contributed by atoms with Crippen LogP contribution in [0.15, 0.2) is 12.4 Å². The molecule has 0 aromatic carbocycles. The minimum atomic E-state index is 0.241. The van der Waals surface area contributed by atoms with Crippen LogP contribution in [0.1, 0.15) is 87.9 Å². The number of nitriles is 1. The van der Waals surface area contributed by atoms with Gasteiger partial charge in [-0.15, -0.1) is 0 Å². The molecule has 0 unspecified atom stereocenters. The van der Waals surface area contributed by atoms with E-state index in [9.17, 15) is 0 Å². The SMILES string of the molecule is CCCO[C@H]1CC[C@H](c2cnc([C@H]3CC[C@H](C#N)CC3)nc2)CC1. The lowest BCUT2D eigenvalue weighted by atomic mass is 9.82. The molecule has 0 amide bonds. The summed E-state index contributed by atoms with van der Waals surface area (Å²) in [4.78, 5) is 9.34. The molecule has 2 saturated carbocycles. The van der Waals surface area contributed by atoms with Crippen LogP contribution >= 0.6 is 0 Å². The van der Waals surface area contributed by atoms with Crippen LogP contribution in [-0.4, -0.2) is 22.7 Å². The zero-order chi connectivity index (χ0) is 16.8. The first-order valence-electron chi connectivity index (χ1n) is 9.63. The van der Waals surface area contributed by atoms with Crippen molar-refractivity contribution in [3.05, 3.63) is 23.8 Å². The van der Waals surface area contributed by atoms with Crippen LogP contribution in [0.2, 0.25) is 0 Å². The van der Waals surface area contributed by atoms with E-state index in [4.69, 9.17) is 10.00 Å². The van der Waals surface area contributed by atoms with E-state index in [1.807, 2.05) is 0 Å². The molecule has 3 rings (SSSR count). The van der Waals surface area contributed by atoms with Crippen LogP contribution in [0.4, 0.5) is 0 Å². The normalized spacial score (nSPS) is 30.7. The summed E-state index contributed by atoms with van der Waals surface area (Å²) in [5, 5.41) is 9.00. The van der Waals surface area contributed by atoms with Gasteiger partial charge in [0.2, 0.25) is 0 Å². The second-order valence-electron chi connectivity index (χ2n) is 7.40. The first kappa shape index (κ1) is 17.4. The fraction of sp³-hybridized carbons (Fsp3) is 0.750. The van der Waals surface area contributed by atoms with Crippen LogP contribution in [0, 0.1) is 17.2 Å². The van der Waals surface area contributed by atoms with Gasteiger partial charge in [-0.25, -0.2) is 9.97 Å². The van der Waals surface area contributed by atoms with Crippen molar-refractivity contribution < 1.29 is 4.74 Å². The molecule has 2 fully saturated rings. The Balaban J connectivity index is 1.51. The maximum Gasteiger partial charge on any atom is 0.131 e. The molecule has 1 aromatic rings. The second-order valence-corrected chi connectivity index (χ2v) is 7.40. The minimum Gasteiger partial charge on any atom is -0.378 e. The molecule has 0 bridgehead atoms. The van der Waals surface area contributed by atoms with Gasteiger partial charge in [-0.1, -0.05) is 6.92 Å². The summed E-state index contributed by atoms with van der Waals surface area (Å²) in [5.41, 5.74) is 1.29. The minimum absolute atomic E-state index is 0.241. The van der Waals surface area contributed by atoms with E-state index in [1.54, 1.807) is 0 Å². The summed E-state index contributed by atoms with van der Waals surface area (Å²) in [6.07, 6.45) is 14.4. The molecule has 1 heterocycles. The molecule has 0 spiro atoms. The monoisotopic (exact) mass is 327 g/mol. The summed E-state index contributed by atoms with van der Waals surface area (Å²) in [7, 11) is 0. The first-order chi connectivity index (χ1) is 11.8. The third-order valence-corrected chi connectivity index (χ3v) is 5.67. The van der Waals surface area contributed by atoms with Crippen molar-refractivity contribution in [1.29, 1.82) is 5.26 Å². The highest BCUT2D eigenvalue weighted by Crippen LogP contribution is 2.36. The Morgan fingerprint density at radius 1 is 1.00 bits per heavy atom. The average Bonchev–Trinajstić information content (AvgIpc) is 2.67. The average molecular weight is 327 g/mol. The van der Waals surface area contributed by atoms with E-state index in [0.29, 0.717) is 17.9 Å². The number of rotatable bonds is 5. The van der Waals surface area contributed by atoms with Gasteiger partial charge in [0.15, 0.2) is 0 Å². The fourth-order valence-corrected chi connectivity index (χ4v) is 4.10. The molecule has 0 aliphatic heterocycles. The highest BCUT2D eigenvalue weighted by atomic mass is 16.5. The standard InChI is InChI=1S/C20H29N3O/c1-2-11-24-19-9-7-16(8-10-19)18-13-22-20(23-14-18)17-5-3-15(12-21)4-6-17/h13-17,19H,2-11H2,1H3/t15-,16-,17-,19-. The van der Waals surface area contributed by atoms with Crippen molar-refractivity contribution in [2.45, 2.75) is 82.7 Å². The molecule has 1 aromatic heterocycles. The number of hydrogen-bond acceptors (Lipinski definition) is 4. The van der Waals surface area contributed by atoms with E-state index in [-0.39, 0.29) is 5.92 Å². The summed E-state index contributed by atoms with van der Waals surface area (Å²) in [5.74, 6) is 2.26. The quantitative estimate of drug-likeness (QED) is 0.784. The Kier molecular flexibility index (Phi) is 6.20. The maximum atomic E-state index is 9.00. The number of ether oxygens (including phenoxy) is 1. The molecule has 2 aliphatic carbocycles. The van der Waals surface area contributed by atoms with Gasteiger partial charge in [-0.05, 0) is 69.3 Å². The van der Waals surface area contributed by atoms with Crippen molar-refractivity contribution in [1.82, 2.24) is 9.97 Å². The fourth-order valence-electron chi connectivity index (χ4n) is 4.10. The zero-order valence-electron chi connectivity index (χ0n) is 14.8. The molecule has 24 heavy (non-hydrogen) atoms. The summed E-state index contributed by atoms with van der Waals surface area (Å²) in [6, 6.07) is 2.39. The van der Waals surface area contributed by atoms with Gasteiger partial charge in [-0.3, -0.25) is 0 Å². The maximum absolute atomic E-state index is 9.00. The Morgan fingerprint density at radius 3 is 2.21 bits per heavy atom. The summed E-state index contributed by atoms with van der Waals surface area (Å²) >= 11 is 0. The lowest BCUT2D eigenvalue weighted by Gasteiger charge is -2.29. The molecule has 4 heteroatoms. The van der Waals surface area contributed by atoms with Gasteiger partial charge in [-0.2, -0.15) is 5.26 Å². The van der Waals surface area contributed by atoms with E-state index in [0.717, 1.165) is 57.4 Å². The number of hydrogen-bond donors (Lipinski definition) is 0. The topological polar surface area (TPSA) is 58.8 Å². The largest absolute Gasteiger partial charge is 0.378 e. The zero-order valence-corrected chi connectivity index (χ0v) is 14.8. The smallest absolute Gasteiger partial charge is 0.131 e. The van der Waals surface area contributed by atoms with E-state index in [1.165, 1.54) is 18.4 Å². The van der Waals surface area contributed by atoms with Crippen LogP contribution in [0.25, 0.3) is 0 Å². The van der Waals surface area contributed by atoms with Crippen molar-refractivity contribution in [3.8, 4) is 6.07 Å². The predicted octanol–water partition coefficient (Wildman–Crippen LogP) is 4.73. The molecule has 0 saturated heterocycles. The van der Waals surface area contributed by atoms with Crippen LogP contribution < -0.4 is 0 Å². The third-order valence-electron chi connectivity index (χ3n) is 5.67. The molecule has 0 N–H and O–H groups in total. The predicted molar refractivity (Wildman–Crippen MR) is 93.6 cm³/mol. The molecule has 4 nitrogen and oxygen atoms in total. The van der Waals surface area contributed by atoms with Gasteiger partial charge >= 0.3 is 0 Å². The molecule has 0 atom stereocenters. The van der Waals surface area contributed by atoms with Crippen molar-refractivity contribution in [2.24, 2.45) is 5.92 Å². The molecule has 2 aliphatic rings. The third kappa shape index (κ3) is 4.33. The van der Waals surface area contributed by atoms with Crippen molar-refractivity contribution >= 4 is 0 Å². The Morgan fingerprint density at radius 2 is 1.62 bits per heavy atom. The van der Waals surface area contributed by atoms with Gasteiger partial charge in [0.1, 0.15) is 5.82 Å². The molecular formula is C20H29N3O. The highest BCUT2D eigenvalue weighted by Gasteiger charge is 2.26. The molecular weight excluding hydrogens is 298 g/mol. The van der Waals surface area contributed by atoms with Crippen molar-refractivity contribution in [3.63, 3.8) is 0 Å². The molecule has 130 valence electrons. The molecule has 0 radical (unpaired) electrons. The number of nitrogens with zero attached hydrogens (tertiary/aromatic N) is 3.